The lowest BCUT2D eigenvalue weighted by atomic mass is 10.0. The summed E-state index contributed by atoms with van der Waals surface area (Å²) in [5, 5.41) is 1.10. The van der Waals surface area contributed by atoms with Gasteiger partial charge in [0.25, 0.3) is 0 Å². The zero-order valence-electron chi connectivity index (χ0n) is 19.4. The Morgan fingerprint density at radius 1 is 1.09 bits per heavy atom. The molecule has 1 aliphatic rings. The lowest BCUT2D eigenvalue weighted by molar-refractivity contribution is 0.223. The van der Waals surface area contributed by atoms with Gasteiger partial charge in [-0.05, 0) is 48.4 Å². The average Bonchev–Trinajstić information content (AvgIpc) is 3.29. The van der Waals surface area contributed by atoms with Crippen molar-refractivity contribution < 1.29 is 13.2 Å². The molecule has 0 aliphatic carbocycles. The molecule has 2 aromatic carbocycles. The van der Waals surface area contributed by atoms with Crippen molar-refractivity contribution in [2.75, 3.05) is 29.0 Å². The molecule has 0 spiro atoms. The van der Waals surface area contributed by atoms with Crippen LogP contribution in [0.3, 0.4) is 0 Å². The second-order valence-corrected chi connectivity index (χ2v) is 10.8. The van der Waals surface area contributed by atoms with Gasteiger partial charge in [-0.3, -0.25) is 9.71 Å². The van der Waals surface area contributed by atoms with Crippen molar-refractivity contribution in [2.45, 2.75) is 19.4 Å². The summed E-state index contributed by atoms with van der Waals surface area (Å²) in [6.07, 6.45) is 5.57. The van der Waals surface area contributed by atoms with E-state index in [0.29, 0.717) is 0 Å². The molecule has 180 valence electrons. The number of hydrogen-bond acceptors (Lipinski definition) is 6. The van der Waals surface area contributed by atoms with Crippen LogP contribution in [0, 0.1) is 6.92 Å². The number of benzene rings is 2. The van der Waals surface area contributed by atoms with E-state index >= 15 is 0 Å². The molecule has 1 aliphatic heterocycles. The topological polar surface area (TPSA) is 84.4 Å². The highest BCUT2D eigenvalue weighted by Crippen LogP contribution is 2.34. The minimum atomic E-state index is -3.48. The van der Waals surface area contributed by atoms with Gasteiger partial charge in [0.05, 0.1) is 24.0 Å². The van der Waals surface area contributed by atoms with Gasteiger partial charge >= 0.3 is 0 Å². The minimum absolute atomic E-state index is 0.0964. The summed E-state index contributed by atoms with van der Waals surface area (Å²) < 4.78 is 32.1. The van der Waals surface area contributed by atoms with Crippen molar-refractivity contribution in [1.82, 2.24) is 9.97 Å². The molecule has 1 unspecified atom stereocenters. The fourth-order valence-corrected chi connectivity index (χ4v) is 5.14. The summed E-state index contributed by atoms with van der Waals surface area (Å²) in [5.41, 5.74) is 4.98. The fraction of sp³-hybridized carbons (Fsp3) is 0.231. The predicted octanol–water partition coefficient (Wildman–Crippen LogP) is 5.29. The minimum Gasteiger partial charge on any atom is -0.488 e. The van der Waals surface area contributed by atoms with E-state index in [4.69, 9.17) is 16.3 Å². The molecule has 0 bridgehead atoms. The fourth-order valence-electron chi connectivity index (χ4n) is 4.38. The van der Waals surface area contributed by atoms with Crippen LogP contribution in [-0.4, -0.2) is 43.8 Å². The van der Waals surface area contributed by atoms with Crippen molar-refractivity contribution in [3.05, 3.63) is 77.7 Å². The zero-order chi connectivity index (χ0) is 24.6. The summed E-state index contributed by atoms with van der Waals surface area (Å²) >= 11 is 6.11. The maximum atomic E-state index is 11.7. The number of fused-ring (bicyclic) bond motifs is 1. The number of anilines is 2. The van der Waals surface area contributed by atoms with Crippen LogP contribution in [0.5, 0.6) is 5.75 Å². The van der Waals surface area contributed by atoms with Crippen LogP contribution in [-0.2, 0) is 10.0 Å². The Labute approximate surface area is 209 Å². The van der Waals surface area contributed by atoms with Gasteiger partial charge < -0.3 is 9.64 Å². The number of sulfonamides is 1. The lowest BCUT2D eigenvalue weighted by Crippen LogP contribution is -2.24. The van der Waals surface area contributed by atoms with E-state index in [1.807, 2.05) is 42.6 Å². The number of hydrogen-bond donors (Lipinski definition) is 1. The molecule has 1 N–H and O–H groups in total. The number of pyridine rings is 2. The summed E-state index contributed by atoms with van der Waals surface area (Å²) in [6.45, 7) is 3.72. The van der Waals surface area contributed by atoms with Crippen LogP contribution in [0.2, 0.25) is 5.15 Å². The Hall–Kier alpha value is -3.36. The van der Waals surface area contributed by atoms with Crippen molar-refractivity contribution in [1.29, 1.82) is 0 Å². The Bertz CT molecular complexity index is 1510. The lowest BCUT2D eigenvalue weighted by Gasteiger charge is -2.21. The standard InChI is InChI=1S/C26H25ClN4O3S/c1-17-5-3-4-6-25(17)34-20-10-12-31(16-20)24-9-11-28-22-8-7-18(13-21(22)24)19-14-23(26(27)29-15-19)30-35(2,32)33/h3-9,11,13-15,20,30H,10,12,16H2,1-2H3. The molecule has 1 atom stereocenters. The number of halogens is 1. The Kier molecular flexibility index (Phi) is 6.25. The van der Waals surface area contributed by atoms with Crippen LogP contribution < -0.4 is 14.4 Å². The molecule has 35 heavy (non-hydrogen) atoms. The van der Waals surface area contributed by atoms with Gasteiger partial charge in [0.15, 0.2) is 5.15 Å². The van der Waals surface area contributed by atoms with Gasteiger partial charge in [-0.25, -0.2) is 13.4 Å². The Balaban J connectivity index is 1.45. The second-order valence-electron chi connectivity index (χ2n) is 8.74. The summed E-state index contributed by atoms with van der Waals surface area (Å²) in [4.78, 5) is 11.0. The monoisotopic (exact) mass is 508 g/mol. The number of para-hydroxylation sites is 1. The van der Waals surface area contributed by atoms with Crippen molar-refractivity contribution in [3.63, 3.8) is 0 Å². The van der Waals surface area contributed by atoms with Crippen LogP contribution in [0.4, 0.5) is 11.4 Å². The van der Waals surface area contributed by atoms with Crippen molar-refractivity contribution >= 4 is 43.9 Å². The van der Waals surface area contributed by atoms with Crippen LogP contribution >= 0.6 is 11.6 Å². The number of rotatable bonds is 6. The molecule has 3 heterocycles. The Morgan fingerprint density at radius 2 is 1.91 bits per heavy atom. The molecule has 9 heteroatoms. The molecule has 1 fully saturated rings. The van der Waals surface area contributed by atoms with Gasteiger partial charge in [0, 0.05) is 42.0 Å². The first-order chi connectivity index (χ1) is 16.8. The third-order valence-corrected chi connectivity index (χ3v) is 6.95. The van der Waals surface area contributed by atoms with Crippen LogP contribution in [0.25, 0.3) is 22.0 Å². The number of aryl methyl sites for hydroxylation is 1. The number of nitrogens with one attached hydrogen (secondary N) is 1. The molecular weight excluding hydrogens is 484 g/mol. The number of aromatic nitrogens is 2. The Morgan fingerprint density at radius 3 is 2.71 bits per heavy atom. The van der Waals surface area contributed by atoms with Crippen molar-refractivity contribution in [2.24, 2.45) is 0 Å². The molecule has 2 aromatic heterocycles. The van der Waals surface area contributed by atoms with E-state index < -0.39 is 10.0 Å². The molecule has 5 rings (SSSR count). The first-order valence-electron chi connectivity index (χ1n) is 11.3. The number of ether oxygens (including phenoxy) is 1. The highest BCUT2D eigenvalue weighted by atomic mass is 35.5. The molecule has 0 saturated carbocycles. The molecule has 0 amide bonds. The normalized spacial score (nSPS) is 16.0. The van der Waals surface area contributed by atoms with E-state index in [0.717, 1.165) is 64.8 Å². The summed E-state index contributed by atoms with van der Waals surface area (Å²) in [5.74, 6) is 0.926. The largest absolute Gasteiger partial charge is 0.488 e. The highest BCUT2D eigenvalue weighted by molar-refractivity contribution is 7.92. The molecule has 7 nitrogen and oxygen atoms in total. The zero-order valence-corrected chi connectivity index (χ0v) is 21.0. The van der Waals surface area contributed by atoms with Gasteiger partial charge in [-0.1, -0.05) is 35.9 Å². The van der Waals surface area contributed by atoms with E-state index in [9.17, 15) is 8.42 Å². The maximum absolute atomic E-state index is 11.7. The summed E-state index contributed by atoms with van der Waals surface area (Å²) in [7, 11) is -3.48. The first-order valence-corrected chi connectivity index (χ1v) is 13.5. The third-order valence-electron chi connectivity index (χ3n) is 6.06. The SMILES string of the molecule is Cc1ccccc1OC1CCN(c2ccnc3ccc(-c4cnc(Cl)c(NS(C)(=O)=O)c4)cc23)C1. The van der Waals surface area contributed by atoms with Gasteiger partial charge in [-0.2, -0.15) is 0 Å². The van der Waals surface area contributed by atoms with Gasteiger partial charge in [0.2, 0.25) is 10.0 Å². The van der Waals surface area contributed by atoms with Crippen molar-refractivity contribution in [3.8, 4) is 16.9 Å². The smallest absolute Gasteiger partial charge is 0.229 e. The predicted molar refractivity (Wildman–Crippen MR) is 141 cm³/mol. The van der Waals surface area contributed by atoms with Gasteiger partial charge in [0.1, 0.15) is 11.9 Å². The third kappa shape index (κ3) is 5.18. The van der Waals surface area contributed by atoms with E-state index in [1.165, 1.54) is 0 Å². The molecule has 1 saturated heterocycles. The highest BCUT2D eigenvalue weighted by Gasteiger charge is 2.26. The van der Waals surface area contributed by atoms with E-state index in [-0.39, 0.29) is 16.9 Å². The molecular formula is C26H25ClN4O3S. The molecule has 4 aromatic rings. The molecule has 0 radical (unpaired) electrons. The maximum Gasteiger partial charge on any atom is 0.229 e. The number of nitrogens with zero attached hydrogens (tertiary/aromatic N) is 3. The van der Waals surface area contributed by atoms with Crippen LogP contribution in [0.1, 0.15) is 12.0 Å². The van der Waals surface area contributed by atoms with Gasteiger partial charge in [-0.15, -0.1) is 0 Å². The summed E-state index contributed by atoms with van der Waals surface area (Å²) in [6, 6.07) is 17.8. The van der Waals surface area contributed by atoms with Crippen LogP contribution in [0.15, 0.2) is 67.0 Å². The first kappa shape index (κ1) is 23.4. The van der Waals surface area contributed by atoms with E-state index in [2.05, 4.69) is 38.6 Å². The average molecular weight is 509 g/mol. The quantitative estimate of drug-likeness (QED) is 0.356. The van der Waals surface area contributed by atoms with E-state index in [1.54, 1.807) is 12.3 Å². The second kappa shape index (κ2) is 9.36.